The van der Waals surface area contributed by atoms with Gasteiger partial charge >= 0.3 is 0 Å². The first-order valence-corrected chi connectivity index (χ1v) is 8.27. The van der Waals surface area contributed by atoms with E-state index in [0.717, 1.165) is 18.7 Å². The maximum absolute atomic E-state index is 13.9. The molecule has 118 valence electrons. The topological polar surface area (TPSA) is 15.3 Å². The van der Waals surface area contributed by atoms with Crippen molar-refractivity contribution in [2.45, 2.75) is 45.2 Å². The van der Waals surface area contributed by atoms with Crippen molar-refractivity contribution in [2.75, 3.05) is 20.1 Å². The summed E-state index contributed by atoms with van der Waals surface area (Å²) in [5.74, 6) is 0.186. The van der Waals surface area contributed by atoms with Crippen LogP contribution in [-0.4, -0.2) is 31.1 Å². The molecule has 1 saturated heterocycles. The Balaban J connectivity index is 2.39. The molecule has 0 aromatic heterocycles. The van der Waals surface area contributed by atoms with Crippen LogP contribution in [0.2, 0.25) is 5.02 Å². The van der Waals surface area contributed by atoms with Gasteiger partial charge in [0.1, 0.15) is 5.82 Å². The number of hydrogen-bond donors (Lipinski definition) is 1. The van der Waals surface area contributed by atoms with Gasteiger partial charge in [-0.2, -0.15) is 0 Å². The van der Waals surface area contributed by atoms with Crippen molar-refractivity contribution in [1.29, 1.82) is 0 Å². The molecule has 2 rings (SSSR count). The molecule has 0 aliphatic carbocycles. The predicted molar refractivity (Wildman–Crippen MR) is 87.3 cm³/mol. The molecule has 1 aromatic carbocycles. The average molecular weight is 313 g/mol. The summed E-state index contributed by atoms with van der Waals surface area (Å²) < 4.78 is 13.9. The fourth-order valence-electron chi connectivity index (χ4n) is 3.48. The zero-order chi connectivity index (χ0) is 15.4. The van der Waals surface area contributed by atoms with Gasteiger partial charge in [0.2, 0.25) is 0 Å². The van der Waals surface area contributed by atoms with Crippen LogP contribution in [0.5, 0.6) is 0 Å². The molecule has 1 aliphatic rings. The third kappa shape index (κ3) is 3.97. The van der Waals surface area contributed by atoms with Gasteiger partial charge in [-0.05, 0) is 70.4 Å². The number of halogens is 2. The molecule has 2 atom stereocenters. The highest BCUT2D eigenvalue weighted by molar-refractivity contribution is 6.30. The molecule has 1 fully saturated rings. The summed E-state index contributed by atoms with van der Waals surface area (Å²) >= 11 is 5.85. The lowest BCUT2D eigenvalue weighted by Crippen LogP contribution is -2.40. The molecule has 4 heteroatoms. The van der Waals surface area contributed by atoms with Crippen LogP contribution in [0.4, 0.5) is 4.39 Å². The van der Waals surface area contributed by atoms with E-state index in [-0.39, 0.29) is 16.9 Å². The summed E-state index contributed by atoms with van der Waals surface area (Å²) in [6, 6.07) is 6.00. The fraction of sp³-hybridized carbons (Fsp3) is 0.647. The predicted octanol–water partition coefficient (Wildman–Crippen LogP) is 4.25. The summed E-state index contributed by atoms with van der Waals surface area (Å²) in [6.45, 7) is 6.48. The van der Waals surface area contributed by atoms with E-state index in [4.69, 9.17) is 11.6 Å². The maximum Gasteiger partial charge on any atom is 0.142 e. The minimum Gasteiger partial charge on any atom is -0.319 e. The van der Waals surface area contributed by atoms with Crippen LogP contribution in [0, 0.1) is 11.7 Å². The number of rotatable bonds is 4. The molecule has 1 heterocycles. The third-order valence-corrected chi connectivity index (χ3v) is 4.77. The van der Waals surface area contributed by atoms with Crippen LogP contribution in [-0.2, 0) is 0 Å². The smallest absolute Gasteiger partial charge is 0.142 e. The highest BCUT2D eigenvalue weighted by Gasteiger charge is 2.32. The fourth-order valence-corrected chi connectivity index (χ4v) is 3.60. The van der Waals surface area contributed by atoms with Crippen LogP contribution in [0.3, 0.4) is 0 Å². The molecule has 2 unspecified atom stereocenters. The van der Waals surface area contributed by atoms with Crippen molar-refractivity contribution in [1.82, 2.24) is 10.2 Å². The van der Waals surface area contributed by atoms with Gasteiger partial charge in [-0.3, -0.25) is 4.90 Å². The minimum absolute atomic E-state index is 0.202. The molecule has 0 spiro atoms. The van der Waals surface area contributed by atoms with Crippen molar-refractivity contribution in [2.24, 2.45) is 5.92 Å². The highest BCUT2D eigenvalue weighted by Crippen LogP contribution is 2.37. The number of benzene rings is 1. The molecular formula is C17H26ClFN2. The SMILES string of the molecule is CNCC1CCCCN(C(C)C)C1c1ccc(Cl)c(F)c1. The van der Waals surface area contributed by atoms with Crippen molar-refractivity contribution >= 4 is 11.6 Å². The third-order valence-electron chi connectivity index (χ3n) is 4.46. The molecule has 0 saturated carbocycles. The minimum atomic E-state index is -0.315. The van der Waals surface area contributed by atoms with Gasteiger partial charge in [0.05, 0.1) is 5.02 Å². The van der Waals surface area contributed by atoms with Gasteiger partial charge in [0, 0.05) is 12.1 Å². The Morgan fingerprint density at radius 1 is 1.38 bits per heavy atom. The maximum atomic E-state index is 13.9. The molecular weight excluding hydrogens is 287 g/mol. The lowest BCUT2D eigenvalue weighted by Gasteiger charge is -2.38. The van der Waals surface area contributed by atoms with Crippen molar-refractivity contribution < 1.29 is 4.39 Å². The van der Waals surface area contributed by atoms with Gasteiger partial charge < -0.3 is 5.32 Å². The van der Waals surface area contributed by atoms with Crippen LogP contribution in [0.25, 0.3) is 0 Å². The van der Waals surface area contributed by atoms with Gasteiger partial charge in [-0.25, -0.2) is 4.39 Å². The summed E-state index contributed by atoms with van der Waals surface area (Å²) in [7, 11) is 1.99. The summed E-state index contributed by atoms with van der Waals surface area (Å²) in [4.78, 5) is 2.51. The first kappa shape index (κ1) is 16.7. The zero-order valence-electron chi connectivity index (χ0n) is 13.2. The Bertz CT molecular complexity index is 464. The number of likely N-dealkylation sites (tertiary alicyclic amines) is 1. The number of hydrogen-bond acceptors (Lipinski definition) is 2. The Labute approximate surface area is 132 Å². The zero-order valence-corrected chi connectivity index (χ0v) is 14.0. The van der Waals surface area contributed by atoms with Crippen molar-refractivity contribution in [3.63, 3.8) is 0 Å². The van der Waals surface area contributed by atoms with E-state index in [0.29, 0.717) is 12.0 Å². The largest absolute Gasteiger partial charge is 0.319 e. The van der Waals surface area contributed by atoms with E-state index in [1.165, 1.54) is 19.3 Å². The quantitative estimate of drug-likeness (QED) is 0.894. The average Bonchev–Trinajstić information content (AvgIpc) is 2.65. The highest BCUT2D eigenvalue weighted by atomic mass is 35.5. The monoisotopic (exact) mass is 312 g/mol. The van der Waals surface area contributed by atoms with Gasteiger partial charge in [0.15, 0.2) is 0 Å². The summed E-state index contributed by atoms with van der Waals surface area (Å²) in [6.07, 6.45) is 3.63. The van der Waals surface area contributed by atoms with E-state index in [2.05, 4.69) is 24.1 Å². The van der Waals surface area contributed by atoms with Gasteiger partial charge in [-0.1, -0.05) is 24.1 Å². The van der Waals surface area contributed by atoms with Crippen molar-refractivity contribution in [3.05, 3.63) is 34.6 Å². The number of nitrogens with zero attached hydrogens (tertiary/aromatic N) is 1. The molecule has 1 aromatic rings. The Morgan fingerprint density at radius 3 is 2.76 bits per heavy atom. The van der Waals surface area contributed by atoms with E-state index in [1.807, 2.05) is 13.1 Å². The van der Waals surface area contributed by atoms with E-state index in [9.17, 15) is 4.39 Å². The Hall–Kier alpha value is -0.640. The molecule has 1 aliphatic heterocycles. The van der Waals surface area contributed by atoms with Crippen LogP contribution in [0.1, 0.15) is 44.7 Å². The lowest BCUT2D eigenvalue weighted by atomic mass is 9.88. The molecule has 0 bridgehead atoms. The molecule has 21 heavy (non-hydrogen) atoms. The molecule has 2 nitrogen and oxygen atoms in total. The van der Waals surface area contributed by atoms with E-state index in [1.54, 1.807) is 12.1 Å². The normalized spacial score (nSPS) is 24.3. The summed E-state index contributed by atoms with van der Waals surface area (Å²) in [5, 5.41) is 3.51. The van der Waals surface area contributed by atoms with Crippen LogP contribution in [0.15, 0.2) is 18.2 Å². The second-order valence-corrected chi connectivity index (χ2v) is 6.67. The summed E-state index contributed by atoms with van der Waals surface area (Å²) in [5.41, 5.74) is 1.05. The lowest BCUT2D eigenvalue weighted by molar-refractivity contribution is 0.118. The van der Waals surface area contributed by atoms with Crippen LogP contribution < -0.4 is 5.32 Å². The second-order valence-electron chi connectivity index (χ2n) is 6.26. The second kappa shape index (κ2) is 7.57. The Kier molecular flexibility index (Phi) is 6.03. The standard InChI is InChI=1S/C17H26ClFN2/c1-12(2)21-9-5-4-6-14(11-20-3)17(21)13-7-8-15(18)16(19)10-13/h7-8,10,12,14,17,20H,4-6,9,11H2,1-3H3. The molecule has 0 amide bonds. The number of nitrogens with one attached hydrogen (secondary N) is 1. The molecule has 1 N–H and O–H groups in total. The van der Waals surface area contributed by atoms with Gasteiger partial charge in [-0.15, -0.1) is 0 Å². The molecule has 0 radical (unpaired) electrons. The van der Waals surface area contributed by atoms with E-state index < -0.39 is 0 Å². The first-order valence-electron chi connectivity index (χ1n) is 7.90. The van der Waals surface area contributed by atoms with E-state index >= 15 is 0 Å². The van der Waals surface area contributed by atoms with Crippen molar-refractivity contribution in [3.8, 4) is 0 Å². The Morgan fingerprint density at radius 2 is 2.14 bits per heavy atom. The van der Waals surface area contributed by atoms with Crippen LogP contribution >= 0.6 is 11.6 Å². The van der Waals surface area contributed by atoms with Gasteiger partial charge in [0.25, 0.3) is 0 Å². The first-order chi connectivity index (χ1) is 10.0.